The van der Waals surface area contributed by atoms with Crippen molar-refractivity contribution < 1.29 is 169 Å². The zero-order valence-corrected chi connectivity index (χ0v) is 15.3. The second-order valence-electron chi connectivity index (χ2n) is 0. The molecule has 0 saturated carbocycles. The fourth-order valence-electron chi connectivity index (χ4n) is 0. The second-order valence-corrected chi connectivity index (χ2v) is 0. The van der Waals surface area contributed by atoms with Gasteiger partial charge in [0.25, 0.3) is 0 Å². The molecule has 0 fully saturated rings. The van der Waals surface area contributed by atoms with Gasteiger partial charge in [0, 0.05) is 0 Å². The van der Waals surface area contributed by atoms with Gasteiger partial charge in [0.15, 0.2) is 0 Å². The Morgan fingerprint density at radius 2 is 0.267 bits per heavy atom. The summed E-state index contributed by atoms with van der Waals surface area (Å²) in [7, 11) is 0. The SMILES string of the molecule is [Co+2].[Co+2].[Fe+3].[Fe+3].[O-2].[O-2].[O-2].[O-2].[O-2].[O-2].[O-2].[O-2].[O-2].[Zr+4].[Zr+4]. The van der Waals surface area contributed by atoms with Crippen molar-refractivity contribution in [3.8, 4) is 0 Å². The minimum atomic E-state index is 0. The van der Waals surface area contributed by atoms with Crippen molar-refractivity contribution in [3.05, 3.63) is 0 Å². The predicted molar refractivity (Wildman–Crippen MR) is 6.18 cm³/mol. The molecule has 0 aromatic heterocycles. The molecule has 0 saturated heterocycles. The second kappa shape index (κ2) is 395. The molecule has 0 amide bonds. The Hall–Kier alpha value is 3.46. The molecular formula is Co2Fe2O9Zr2. The Morgan fingerprint density at radius 3 is 0.267 bits per heavy atom. The first kappa shape index (κ1) is 470. The Morgan fingerprint density at radius 1 is 0.267 bits per heavy atom. The molecule has 96 valence electrons. The molecule has 0 spiro atoms. The van der Waals surface area contributed by atoms with Crippen molar-refractivity contribution in [1.29, 1.82) is 0 Å². The van der Waals surface area contributed by atoms with E-state index in [1.54, 1.807) is 0 Å². The third kappa shape index (κ3) is 349. The number of hydrogen-bond acceptors (Lipinski definition) is 0. The minimum Gasteiger partial charge on any atom is -2.00 e. The van der Waals surface area contributed by atoms with Crippen LogP contribution in [0.3, 0.4) is 0 Å². The summed E-state index contributed by atoms with van der Waals surface area (Å²) in [5.41, 5.74) is 0. The summed E-state index contributed by atoms with van der Waals surface area (Å²) in [5, 5.41) is 0. The molecule has 9 nitrogen and oxygen atoms in total. The molecule has 0 heterocycles. The molecule has 0 aliphatic rings. The maximum atomic E-state index is 0. The predicted octanol–water partition coefficient (Wildman–Crippen LogP) is -1.08. The van der Waals surface area contributed by atoms with Gasteiger partial charge in [-0.2, -0.15) is 0 Å². The van der Waals surface area contributed by atoms with E-state index in [4.69, 9.17) is 0 Å². The summed E-state index contributed by atoms with van der Waals surface area (Å²) in [6.45, 7) is 0. The molecule has 0 bridgehead atoms. The molecule has 0 aliphatic carbocycles. The first-order valence-corrected chi connectivity index (χ1v) is 0. The first-order valence-electron chi connectivity index (χ1n) is 0. The molecule has 15 heteroatoms. The van der Waals surface area contributed by atoms with E-state index in [2.05, 4.69) is 0 Å². The van der Waals surface area contributed by atoms with Crippen LogP contribution in [0.5, 0.6) is 0 Å². The quantitative estimate of drug-likeness (QED) is 0.323. The fraction of sp³-hybridized carbons (Fsp3) is 0. The summed E-state index contributed by atoms with van der Waals surface area (Å²) in [6, 6.07) is 0. The molecule has 15 heavy (non-hydrogen) atoms. The Balaban J connectivity index is 0. The molecular weight excluding hydrogens is 556 g/mol. The van der Waals surface area contributed by atoms with E-state index in [0.29, 0.717) is 0 Å². The largest absolute Gasteiger partial charge is 4.00 e. The summed E-state index contributed by atoms with van der Waals surface area (Å²) < 4.78 is 0. The van der Waals surface area contributed by atoms with E-state index >= 15 is 0 Å². The van der Waals surface area contributed by atoms with Crippen molar-refractivity contribution in [2.24, 2.45) is 0 Å². The molecule has 0 atom stereocenters. The van der Waals surface area contributed by atoms with Crippen LogP contribution in [0, 0.1) is 0 Å². The van der Waals surface area contributed by atoms with Gasteiger partial charge < -0.3 is 49.3 Å². The third-order valence-corrected chi connectivity index (χ3v) is 0. The maximum absolute atomic E-state index is 0. The molecule has 0 aromatic carbocycles. The summed E-state index contributed by atoms with van der Waals surface area (Å²) in [5.74, 6) is 0. The van der Waals surface area contributed by atoms with Gasteiger partial charge in [-0.1, -0.05) is 0 Å². The van der Waals surface area contributed by atoms with Gasteiger partial charge in [-0.3, -0.25) is 0 Å². The molecule has 0 N–H and O–H groups in total. The Labute approximate surface area is 167 Å². The molecule has 0 aromatic rings. The van der Waals surface area contributed by atoms with Crippen LogP contribution < -0.4 is 0 Å². The maximum Gasteiger partial charge on any atom is 4.00 e. The van der Waals surface area contributed by atoms with Gasteiger partial charge in [-0.25, -0.2) is 0 Å². The van der Waals surface area contributed by atoms with Crippen LogP contribution in [-0.2, 0) is 169 Å². The van der Waals surface area contributed by atoms with Gasteiger partial charge in [0.2, 0.25) is 0 Å². The smallest absolute Gasteiger partial charge is 2.00 e. The van der Waals surface area contributed by atoms with Crippen molar-refractivity contribution >= 4 is 0 Å². The van der Waals surface area contributed by atoms with Crippen LogP contribution in [0.25, 0.3) is 0 Å². The van der Waals surface area contributed by atoms with Gasteiger partial charge >= 0.3 is 120 Å². The monoisotopic (exact) mass is 553 g/mol. The average molecular weight is 556 g/mol. The van der Waals surface area contributed by atoms with Crippen molar-refractivity contribution in [3.63, 3.8) is 0 Å². The first-order chi connectivity index (χ1) is 0. The van der Waals surface area contributed by atoms with E-state index in [-0.39, 0.29) is 169 Å². The molecule has 0 aliphatic heterocycles. The molecule has 0 rings (SSSR count). The Kier molecular flexibility index (Phi) is 12400. The van der Waals surface area contributed by atoms with Crippen molar-refractivity contribution in [2.45, 2.75) is 0 Å². The van der Waals surface area contributed by atoms with E-state index in [9.17, 15) is 0 Å². The van der Waals surface area contributed by atoms with Crippen LogP contribution in [0.15, 0.2) is 0 Å². The van der Waals surface area contributed by atoms with E-state index < -0.39 is 0 Å². The van der Waals surface area contributed by atoms with Crippen LogP contribution >= 0.6 is 0 Å². The summed E-state index contributed by atoms with van der Waals surface area (Å²) >= 11 is 0. The normalized spacial score (nSPS) is 0. The zero-order chi connectivity index (χ0) is 0. The number of hydrogen-bond donors (Lipinski definition) is 0. The van der Waals surface area contributed by atoms with Crippen LogP contribution in [0.4, 0.5) is 0 Å². The van der Waals surface area contributed by atoms with Crippen molar-refractivity contribution in [1.82, 2.24) is 0 Å². The van der Waals surface area contributed by atoms with Gasteiger partial charge in [0.1, 0.15) is 0 Å². The van der Waals surface area contributed by atoms with E-state index in [1.165, 1.54) is 0 Å². The standard InChI is InChI=1S/2Co.2Fe.9O.2Zr/q2*+2;2*+3;9*-2;2*+4. The third-order valence-electron chi connectivity index (χ3n) is 0. The zero-order valence-electron chi connectivity index (χ0n) is 6.05. The molecule has 0 unspecified atom stereocenters. The van der Waals surface area contributed by atoms with E-state index in [0.717, 1.165) is 0 Å². The van der Waals surface area contributed by atoms with E-state index in [1.807, 2.05) is 0 Å². The summed E-state index contributed by atoms with van der Waals surface area (Å²) in [6.07, 6.45) is 0. The van der Waals surface area contributed by atoms with Crippen LogP contribution in [0.2, 0.25) is 0 Å². The van der Waals surface area contributed by atoms with Gasteiger partial charge in [-0.05, 0) is 0 Å². The minimum absolute atomic E-state index is 0. The van der Waals surface area contributed by atoms with Crippen molar-refractivity contribution in [2.75, 3.05) is 0 Å². The average Bonchev–Trinajstić information content (AvgIpc) is 0. The van der Waals surface area contributed by atoms with Crippen LogP contribution in [0.1, 0.15) is 0 Å². The van der Waals surface area contributed by atoms with Gasteiger partial charge in [-0.15, -0.1) is 0 Å². The number of rotatable bonds is 0. The fourth-order valence-corrected chi connectivity index (χ4v) is 0. The van der Waals surface area contributed by atoms with Crippen LogP contribution in [-0.4, -0.2) is 0 Å². The summed E-state index contributed by atoms with van der Waals surface area (Å²) in [4.78, 5) is 0. The van der Waals surface area contributed by atoms with Gasteiger partial charge in [0.05, 0.1) is 0 Å². The topological polar surface area (TPSA) is 256 Å². The molecule has 4 radical (unpaired) electrons. The Bertz CT molecular complexity index is 24.1.